The van der Waals surface area contributed by atoms with E-state index in [4.69, 9.17) is 4.74 Å². The number of nitrogens with zero attached hydrogens (tertiary/aromatic N) is 3. The first kappa shape index (κ1) is 24.5. The maximum Gasteiger partial charge on any atom is 0.272 e. The molecular weight excluding hydrogens is 438 g/mol. The fraction of sp³-hybridized carbons (Fsp3) is 0.345. The van der Waals surface area contributed by atoms with Crippen LogP contribution < -0.4 is 4.74 Å². The number of carbonyl (C=O) groups excluding carboxylic acids is 2. The topological polar surface area (TPSA) is 62.7 Å². The van der Waals surface area contributed by atoms with Crippen LogP contribution in [0.3, 0.4) is 0 Å². The highest BCUT2D eigenvalue weighted by Gasteiger charge is 2.41. The largest absolute Gasteiger partial charge is 0.493 e. The smallest absolute Gasteiger partial charge is 0.272 e. The summed E-state index contributed by atoms with van der Waals surface area (Å²) < 4.78 is 6.18. The Kier molecular flexibility index (Phi) is 7.80. The lowest BCUT2D eigenvalue weighted by molar-refractivity contribution is -0.134. The molecule has 1 fully saturated rings. The fourth-order valence-electron chi connectivity index (χ4n) is 4.71. The summed E-state index contributed by atoms with van der Waals surface area (Å²) in [5.74, 6) is 0.729. The number of ether oxygens (including phenoxy) is 1. The number of amides is 2. The maximum atomic E-state index is 13.4. The number of aryl methyl sites for hydroxylation is 1. The van der Waals surface area contributed by atoms with Gasteiger partial charge < -0.3 is 14.5 Å². The molecule has 1 aliphatic rings. The van der Waals surface area contributed by atoms with Gasteiger partial charge in [0.2, 0.25) is 5.91 Å². The second-order valence-electron chi connectivity index (χ2n) is 9.51. The predicted octanol–water partition coefficient (Wildman–Crippen LogP) is 4.74. The average molecular weight is 472 g/mol. The molecule has 0 bridgehead atoms. The lowest BCUT2D eigenvalue weighted by atomic mass is 9.77. The van der Waals surface area contributed by atoms with Gasteiger partial charge in [0, 0.05) is 44.7 Å². The van der Waals surface area contributed by atoms with Crippen molar-refractivity contribution in [3.63, 3.8) is 0 Å². The molecular formula is C29H33N3O3. The molecule has 2 heterocycles. The summed E-state index contributed by atoms with van der Waals surface area (Å²) in [7, 11) is 1.84. The number of pyridine rings is 1. The van der Waals surface area contributed by atoms with Crippen molar-refractivity contribution < 1.29 is 14.3 Å². The summed E-state index contributed by atoms with van der Waals surface area (Å²) in [6, 6.07) is 23.4. The number of rotatable bonds is 8. The zero-order chi connectivity index (χ0) is 24.7. The van der Waals surface area contributed by atoms with Gasteiger partial charge in [-0.3, -0.25) is 14.6 Å². The van der Waals surface area contributed by atoms with Gasteiger partial charge in [0.1, 0.15) is 11.4 Å². The van der Waals surface area contributed by atoms with E-state index in [9.17, 15) is 9.59 Å². The van der Waals surface area contributed by atoms with Gasteiger partial charge in [0.15, 0.2) is 0 Å². The van der Waals surface area contributed by atoms with Crippen molar-refractivity contribution in [2.45, 2.75) is 32.7 Å². The molecule has 0 N–H and O–H groups in total. The molecule has 2 aromatic carbocycles. The van der Waals surface area contributed by atoms with Gasteiger partial charge >= 0.3 is 0 Å². The Morgan fingerprint density at radius 1 is 1.03 bits per heavy atom. The Morgan fingerprint density at radius 3 is 2.46 bits per heavy atom. The molecule has 0 spiro atoms. The van der Waals surface area contributed by atoms with Gasteiger partial charge in [-0.25, -0.2) is 0 Å². The lowest BCUT2D eigenvalue weighted by Crippen LogP contribution is -2.51. The average Bonchev–Trinajstić information content (AvgIpc) is 2.89. The number of para-hydroxylation sites is 1. The molecule has 3 aromatic rings. The minimum absolute atomic E-state index is 0.0498. The Balaban J connectivity index is 1.53. The molecule has 1 aliphatic heterocycles. The summed E-state index contributed by atoms with van der Waals surface area (Å²) in [5.41, 5.74) is 1.94. The third-order valence-electron chi connectivity index (χ3n) is 6.66. The molecule has 0 saturated carbocycles. The fourth-order valence-corrected chi connectivity index (χ4v) is 4.71. The van der Waals surface area contributed by atoms with Gasteiger partial charge in [-0.15, -0.1) is 0 Å². The summed E-state index contributed by atoms with van der Waals surface area (Å²) in [6.45, 7) is 3.92. The van der Waals surface area contributed by atoms with E-state index < -0.39 is 5.41 Å². The summed E-state index contributed by atoms with van der Waals surface area (Å²) >= 11 is 0. The van der Waals surface area contributed by atoms with E-state index in [2.05, 4.69) is 4.98 Å². The van der Waals surface area contributed by atoms with Gasteiger partial charge in [-0.1, -0.05) is 54.6 Å². The van der Waals surface area contributed by atoms with Gasteiger partial charge in [0.25, 0.3) is 5.91 Å². The first-order valence-electron chi connectivity index (χ1n) is 12.1. The highest BCUT2D eigenvalue weighted by atomic mass is 16.5. The monoisotopic (exact) mass is 471 g/mol. The lowest BCUT2D eigenvalue weighted by Gasteiger charge is -2.42. The van der Waals surface area contributed by atoms with Crippen molar-refractivity contribution in [3.8, 4) is 5.75 Å². The van der Waals surface area contributed by atoms with Crippen molar-refractivity contribution in [2.75, 3.05) is 26.7 Å². The highest BCUT2D eigenvalue weighted by Crippen LogP contribution is 2.36. The minimum Gasteiger partial charge on any atom is -0.493 e. The quantitative estimate of drug-likeness (QED) is 0.476. The van der Waals surface area contributed by atoms with Crippen LogP contribution in [0.2, 0.25) is 0 Å². The Labute approximate surface area is 207 Å². The molecule has 35 heavy (non-hydrogen) atoms. The van der Waals surface area contributed by atoms with Crippen LogP contribution in [0, 0.1) is 12.3 Å². The number of hydrogen-bond acceptors (Lipinski definition) is 4. The third kappa shape index (κ3) is 6.27. The van der Waals surface area contributed by atoms with Crippen LogP contribution in [-0.4, -0.2) is 53.3 Å². The number of likely N-dealkylation sites (tertiary alicyclic amines) is 1. The second-order valence-corrected chi connectivity index (χ2v) is 9.51. The summed E-state index contributed by atoms with van der Waals surface area (Å²) in [6.07, 6.45) is 3.59. The summed E-state index contributed by atoms with van der Waals surface area (Å²) in [5, 5.41) is 0. The van der Waals surface area contributed by atoms with Gasteiger partial charge in [-0.05, 0) is 49.1 Å². The second kappa shape index (κ2) is 11.2. The first-order valence-corrected chi connectivity index (χ1v) is 12.1. The Hall–Kier alpha value is -3.67. The molecule has 0 aliphatic carbocycles. The van der Waals surface area contributed by atoms with Crippen LogP contribution in [0.25, 0.3) is 0 Å². The van der Waals surface area contributed by atoms with Crippen molar-refractivity contribution in [1.29, 1.82) is 0 Å². The van der Waals surface area contributed by atoms with Crippen LogP contribution in [0.15, 0.2) is 79.0 Å². The molecule has 0 unspecified atom stereocenters. The number of hydrogen-bond donors (Lipinski definition) is 0. The standard InChI is InChI=1S/C29H33N3O3/c1-23-11-9-17-30-27(23)28(34)32-18-10-16-29(21-32,22-35-25-14-7-4-8-15-25)19-26(33)31(2)20-24-12-5-3-6-13-24/h3-9,11-15,17H,10,16,18-22H2,1-2H3/t29-/m1/s1. The van der Waals surface area contributed by atoms with E-state index in [-0.39, 0.29) is 11.8 Å². The van der Waals surface area contributed by atoms with E-state index in [0.29, 0.717) is 38.4 Å². The first-order chi connectivity index (χ1) is 17.0. The van der Waals surface area contributed by atoms with Crippen molar-refractivity contribution in [3.05, 3.63) is 95.8 Å². The highest BCUT2D eigenvalue weighted by molar-refractivity contribution is 5.93. The van der Waals surface area contributed by atoms with Crippen molar-refractivity contribution in [1.82, 2.24) is 14.8 Å². The van der Waals surface area contributed by atoms with Crippen LogP contribution in [0.1, 0.15) is 40.9 Å². The third-order valence-corrected chi connectivity index (χ3v) is 6.66. The maximum absolute atomic E-state index is 13.4. The molecule has 182 valence electrons. The number of aromatic nitrogens is 1. The van der Waals surface area contributed by atoms with E-state index in [1.165, 1.54) is 0 Å². The Morgan fingerprint density at radius 2 is 1.74 bits per heavy atom. The number of piperidine rings is 1. The number of carbonyl (C=O) groups is 2. The van der Waals surface area contributed by atoms with Crippen LogP contribution >= 0.6 is 0 Å². The van der Waals surface area contributed by atoms with Crippen molar-refractivity contribution >= 4 is 11.8 Å². The number of benzene rings is 2. The zero-order valence-electron chi connectivity index (χ0n) is 20.5. The van der Waals surface area contributed by atoms with Crippen LogP contribution in [0.5, 0.6) is 5.75 Å². The molecule has 2 amide bonds. The molecule has 1 aromatic heterocycles. The molecule has 1 atom stereocenters. The molecule has 6 heteroatoms. The molecule has 0 radical (unpaired) electrons. The van der Waals surface area contributed by atoms with E-state index in [1.54, 1.807) is 11.1 Å². The minimum atomic E-state index is -0.478. The normalized spacial score (nSPS) is 17.6. The van der Waals surface area contributed by atoms with Gasteiger partial charge in [-0.2, -0.15) is 0 Å². The molecule has 6 nitrogen and oxygen atoms in total. The van der Waals surface area contributed by atoms with Crippen molar-refractivity contribution in [2.24, 2.45) is 5.41 Å². The zero-order valence-corrected chi connectivity index (χ0v) is 20.5. The van der Waals surface area contributed by atoms with E-state index >= 15 is 0 Å². The predicted molar refractivity (Wildman–Crippen MR) is 136 cm³/mol. The van der Waals surface area contributed by atoms with Gasteiger partial charge in [0.05, 0.1) is 6.61 Å². The Bertz CT molecular complexity index is 1140. The van der Waals surface area contributed by atoms with Crippen LogP contribution in [0.4, 0.5) is 0 Å². The van der Waals surface area contributed by atoms with E-state index in [1.807, 2.05) is 91.7 Å². The SMILES string of the molecule is Cc1cccnc1C(=O)N1CCC[C@@](COc2ccccc2)(CC(=O)N(C)Cc2ccccc2)C1. The molecule has 1 saturated heterocycles. The van der Waals surface area contributed by atoms with E-state index in [0.717, 1.165) is 29.7 Å². The van der Waals surface area contributed by atoms with Crippen LogP contribution in [-0.2, 0) is 11.3 Å². The molecule has 4 rings (SSSR count). The summed E-state index contributed by atoms with van der Waals surface area (Å²) in [4.78, 5) is 34.7.